The van der Waals surface area contributed by atoms with E-state index in [1.54, 1.807) is 12.1 Å². The number of aromatic nitrogens is 2. The molecule has 2 heterocycles. The molecular formula is C17H21FN4O2S. The lowest BCUT2D eigenvalue weighted by Crippen LogP contribution is -2.33. The first-order chi connectivity index (χ1) is 11.9. The van der Waals surface area contributed by atoms with Gasteiger partial charge >= 0.3 is 0 Å². The van der Waals surface area contributed by atoms with E-state index >= 15 is 0 Å². The second-order valence-corrected chi connectivity index (χ2v) is 7.97. The van der Waals surface area contributed by atoms with Crippen LogP contribution in [0.1, 0.15) is 17.0 Å². The minimum atomic E-state index is -3.22. The largest absolute Gasteiger partial charge is 0.292 e. The molecule has 0 aliphatic carbocycles. The first-order valence-electron chi connectivity index (χ1n) is 8.04. The molecule has 8 heteroatoms. The minimum absolute atomic E-state index is 0.212. The van der Waals surface area contributed by atoms with Crippen LogP contribution in [0.4, 0.5) is 4.39 Å². The molecule has 0 spiro atoms. The average molecular weight is 364 g/mol. The number of sulfonamides is 1. The Hall–Kier alpha value is -2.03. The Bertz CT molecular complexity index is 859. The molecule has 3 rings (SSSR count). The lowest BCUT2D eigenvalue weighted by Gasteiger charge is -2.26. The maximum Gasteiger partial charge on any atom is 0.209 e. The van der Waals surface area contributed by atoms with Gasteiger partial charge in [0, 0.05) is 19.6 Å². The molecule has 1 aliphatic heterocycles. The maximum atomic E-state index is 12.9. The molecule has 2 aromatic rings. The number of rotatable bonds is 6. The van der Waals surface area contributed by atoms with Gasteiger partial charge in [-0.3, -0.25) is 9.58 Å². The quantitative estimate of drug-likeness (QED) is 0.846. The highest BCUT2D eigenvalue weighted by Crippen LogP contribution is 2.14. The predicted octanol–water partition coefficient (Wildman–Crippen LogP) is 1.60. The summed E-state index contributed by atoms with van der Waals surface area (Å²) in [5.74, 6) is -0.234. The Kier molecular flexibility index (Phi) is 5.31. The Morgan fingerprint density at radius 1 is 1.28 bits per heavy atom. The molecule has 0 bridgehead atoms. The van der Waals surface area contributed by atoms with Crippen molar-refractivity contribution in [2.75, 3.05) is 19.3 Å². The van der Waals surface area contributed by atoms with E-state index in [-0.39, 0.29) is 12.4 Å². The highest BCUT2D eigenvalue weighted by atomic mass is 32.2. The van der Waals surface area contributed by atoms with Crippen molar-refractivity contribution < 1.29 is 12.8 Å². The molecule has 0 amide bonds. The van der Waals surface area contributed by atoms with Crippen molar-refractivity contribution >= 4 is 16.1 Å². The third kappa shape index (κ3) is 5.22. The number of hydrogen-bond donors (Lipinski definition) is 1. The number of halogens is 1. The molecule has 1 aliphatic rings. The summed E-state index contributed by atoms with van der Waals surface area (Å²) in [7, 11) is -3.22. The third-order valence-corrected chi connectivity index (χ3v) is 4.66. The van der Waals surface area contributed by atoms with E-state index in [1.165, 1.54) is 12.1 Å². The van der Waals surface area contributed by atoms with Crippen molar-refractivity contribution in [2.45, 2.75) is 19.6 Å². The van der Waals surface area contributed by atoms with E-state index in [1.807, 2.05) is 16.8 Å². The summed E-state index contributed by atoms with van der Waals surface area (Å²) in [4.78, 5) is 2.28. The molecular weight excluding hydrogens is 343 g/mol. The van der Waals surface area contributed by atoms with Crippen molar-refractivity contribution in [1.82, 2.24) is 19.4 Å². The van der Waals surface area contributed by atoms with Crippen LogP contribution in [-0.4, -0.2) is 42.4 Å². The average Bonchev–Trinajstić information content (AvgIpc) is 2.96. The van der Waals surface area contributed by atoms with Gasteiger partial charge in [0.1, 0.15) is 5.82 Å². The maximum absolute atomic E-state index is 12.9. The number of benzene rings is 1. The van der Waals surface area contributed by atoms with Gasteiger partial charge in [0.05, 0.1) is 30.7 Å². The molecule has 0 radical (unpaired) electrons. The van der Waals surface area contributed by atoms with E-state index in [4.69, 9.17) is 0 Å². The van der Waals surface area contributed by atoms with Gasteiger partial charge in [0.15, 0.2) is 0 Å². The molecule has 0 atom stereocenters. The molecule has 0 saturated carbocycles. The second-order valence-electron chi connectivity index (χ2n) is 6.13. The van der Waals surface area contributed by atoms with Crippen LogP contribution in [0.5, 0.6) is 0 Å². The molecule has 25 heavy (non-hydrogen) atoms. The van der Waals surface area contributed by atoms with Gasteiger partial charge in [-0.15, -0.1) is 0 Å². The highest BCUT2D eigenvalue weighted by Gasteiger charge is 2.17. The fourth-order valence-electron chi connectivity index (χ4n) is 2.74. The predicted molar refractivity (Wildman–Crippen MR) is 94.6 cm³/mol. The Labute approximate surface area is 147 Å². The fourth-order valence-corrected chi connectivity index (χ4v) is 3.15. The van der Waals surface area contributed by atoms with Gasteiger partial charge in [0.25, 0.3) is 0 Å². The Morgan fingerprint density at radius 3 is 2.76 bits per heavy atom. The van der Waals surface area contributed by atoms with Crippen LogP contribution in [0.25, 0.3) is 6.08 Å². The topological polar surface area (TPSA) is 67.2 Å². The van der Waals surface area contributed by atoms with Crippen molar-refractivity contribution in [3.8, 4) is 0 Å². The van der Waals surface area contributed by atoms with Crippen LogP contribution in [0.2, 0.25) is 0 Å². The molecule has 134 valence electrons. The molecule has 1 aromatic carbocycles. The zero-order chi connectivity index (χ0) is 17.9. The zero-order valence-corrected chi connectivity index (χ0v) is 14.8. The third-order valence-electron chi connectivity index (χ3n) is 3.99. The van der Waals surface area contributed by atoms with Gasteiger partial charge in [-0.05, 0) is 23.8 Å². The smallest absolute Gasteiger partial charge is 0.209 e. The summed E-state index contributed by atoms with van der Waals surface area (Å²) in [6, 6.07) is 8.33. The van der Waals surface area contributed by atoms with Gasteiger partial charge in [0.2, 0.25) is 10.0 Å². The van der Waals surface area contributed by atoms with Crippen LogP contribution in [0.3, 0.4) is 0 Å². The minimum Gasteiger partial charge on any atom is -0.292 e. The SMILES string of the molecule is CS(=O)(=O)NCc1cc2n(n1)CCN(CC=Cc1ccc(F)cc1)C2. The molecule has 0 fully saturated rings. The van der Waals surface area contributed by atoms with Crippen molar-refractivity contribution in [3.63, 3.8) is 0 Å². The van der Waals surface area contributed by atoms with E-state index in [9.17, 15) is 12.8 Å². The zero-order valence-electron chi connectivity index (χ0n) is 14.0. The van der Waals surface area contributed by atoms with E-state index in [0.29, 0.717) is 0 Å². The molecule has 1 N–H and O–H groups in total. The Balaban J connectivity index is 1.55. The lowest BCUT2D eigenvalue weighted by atomic mass is 10.2. The molecule has 0 unspecified atom stereocenters. The standard InChI is InChI=1S/C17H21FN4O2S/c1-25(23,24)19-12-16-11-17-13-21(9-10-22(17)20-16)8-2-3-14-4-6-15(18)7-5-14/h2-7,11,19H,8-10,12-13H2,1H3. The van der Waals surface area contributed by atoms with Crippen LogP contribution >= 0.6 is 0 Å². The first kappa shape index (κ1) is 17.8. The summed E-state index contributed by atoms with van der Waals surface area (Å²) in [5, 5.41) is 4.43. The summed E-state index contributed by atoms with van der Waals surface area (Å²) < 4.78 is 39.6. The molecule has 0 saturated heterocycles. The van der Waals surface area contributed by atoms with Gasteiger partial charge in [-0.2, -0.15) is 5.10 Å². The van der Waals surface area contributed by atoms with Gasteiger partial charge < -0.3 is 0 Å². The van der Waals surface area contributed by atoms with Crippen LogP contribution < -0.4 is 4.72 Å². The summed E-state index contributed by atoms with van der Waals surface area (Å²) >= 11 is 0. The second kappa shape index (κ2) is 7.47. The lowest BCUT2D eigenvalue weighted by molar-refractivity contribution is 0.235. The number of nitrogens with zero attached hydrogens (tertiary/aromatic N) is 3. The van der Waals surface area contributed by atoms with Gasteiger partial charge in [-0.25, -0.2) is 17.5 Å². The van der Waals surface area contributed by atoms with Crippen LogP contribution in [0.15, 0.2) is 36.4 Å². The Morgan fingerprint density at radius 2 is 2.04 bits per heavy atom. The van der Waals surface area contributed by atoms with E-state index in [0.717, 1.165) is 49.4 Å². The monoisotopic (exact) mass is 364 g/mol. The summed E-state index contributed by atoms with van der Waals surface area (Å²) in [5.41, 5.74) is 2.77. The summed E-state index contributed by atoms with van der Waals surface area (Å²) in [6.45, 7) is 3.42. The number of fused-ring (bicyclic) bond motifs is 1. The van der Waals surface area contributed by atoms with E-state index < -0.39 is 10.0 Å². The van der Waals surface area contributed by atoms with Crippen LogP contribution in [0, 0.1) is 5.82 Å². The molecule has 1 aromatic heterocycles. The normalized spacial score (nSPS) is 15.6. The van der Waals surface area contributed by atoms with Crippen molar-refractivity contribution in [2.24, 2.45) is 0 Å². The first-order valence-corrected chi connectivity index (χ1v) is 9.93. The summed E-state index contributed by atoms with van der Waals surface area (Å²) in [6.07, 6.45) is 5.18. The van der Waals surface area contributed by atoms with Crippen molar-refractivity contribution in [3.05, 3.63) is 59.2 Å². The fraction of sp³-hybridized carbons (Fsp3) is 0.353. The van der Waals surface area contributed by atoms with E-state index in [2.05, 4.69) is 20.8 Å². The van der Waals surface area contributed by atoms with Gasteiger partial charge in [-0.1, -0.05) is 24.3 Å². The number of nitrogens with one attached hydrogen (secondary N) is 1. The van der Waals surface area contributed by atoms with Crippen molar-refractivity contribution in [1.29, 1.82) is 0 Å². The van der Waals surface area contributed by atoms with Crippen LogP contribution in [-0.2, 0) is 29.7 Å². The highest BCUT2D eigenvalue weighted by molar-refractivity contribution is 7.88. The molecule has 6 nitrogen and oxygen atoms in total. The number of hydrogen-bond acceptors (Lipinski definition) is 4.